The van der Waals surface area contributed by atoms with E-state index in [9.17, 15) is 45.6 Å². The zero-order chi connectivity index (χ0) is 19.6. The molecular weight excluding hydrogens is 360 g/mol. The lowest BCUT2D eigenvalue weighted by Gasteiger charge is -2.08. The van der Waals surface area contributed by atoms with Gasteiger partial charge in [-0.1, -0.05) is 0 Å². The normalized spacial score (nSPS) is 10.2. The molecule has 14 heteroatoms. The van der Waals surface area contributed by atoms with Crippen molar-refractivity contribution in [2.24, 2.45) is 0 Å². The highest BCUT2D eigenvalue weighted by Gasteiger charge is 2.33. The van der Waals surface area contributed by atoms with Crippen LogP contribution in [-0.2, 0) is 0 Å². The summed E-state index contributed by atoms with van der Waals surface area (Å²) in [4.78, 5) is 39.6. The molecule has 26 heavy (non-hydrogen) atoms. The van der Waals surface area contributed by atoms with Crippen molar-refractivity contribution in [1.82, 2.24) is 0 Å². The summed E-state index contributed by atoms with van der Waals surface area (Å²) in [5, 5.41) is 53.5. The Morgan fingerprint density at radius 3 is 1.65 bits per heavy atom. The number of rotatable bonds is 6. The number of aromatic hydroxyl groups is 1. The summed E-state index contributed by atoms with van der Waals surface area (Å²) in [5.74, 6) is -2.40. The number of hydrogen-bond donors (Lipinski definition) is 1. The molecule has 0 spiro atoms. The van der Waals surface area contributed by atoms with E-state index in [2.05, 4.69) is 0 Å². The van der Waals surface area contributed by atoms with Crippen molar-refractivity contribution in [2.45, 2.75) is 0 Å². The van der Waals surface area contributed by atoms with E-state index in [4.69, 9.17) is 4.74 Å². The Morgan fingerprint density at radius 2 is 1.23 bits per heavy atom. The van der Waals surface area contributed by atoms with Gasteiger partial charge in [0.05, 0.1) is 37.9 Å². The molecular formula is C12H6N4O10. The number of benzene rings is 2. The van der Waals surface area contributed by atoms with Crippen molar-refractivity contribution in [1.29, 1.82) is 0 Å². The molecule has 0 aliphatic carbocycles. The Bertz CT molecular complexity index is 922. The number of nitrogens with zero attached hydrogens (tertiary/aromatic N) is 4. The smallest absolute Gasteiger partial charge is 0.325 e. The van der Waals surface area contributed by atoms with E-state index in [-0.39, 0.29) is 0 Å². The minimum Gasteiger partial charge on any atom is -0.504 e. The largest absolute Gasteiger partial charge is 0.504 e. The number of nitro benzene ring substituents is 4. The van der Waals surface area contributed by atoms with Gasteiger partial charge in [-0.05, 0) is 6.07 Å². The summed E-state index contributed by atoms with van der Waals surface area (Å²) in [5.41, 5.74) is -3.75. The van der Waals surface area contributed by atoms with Crippen LogP contribution in [0.15, 0.2) is 30.3 Å². The number of phenolic OH excluding ortho intramolecular Hbond substituents is 1. The van der Waals surface area contributed by atoms with Gasteiger partial charge in [-0.25, -0.2) is 0 Å². The fourth-order valence-corrected chi connectivity index (χ4v) is 1.87. The van der Waals surface area contributed by atoms with E-state index in [0.29, 0.717) is 18.2 Å². The zero-order valence-electron chi connectivity index (χ0n) is 12.3. The molecule has 0 saturated heterocycles. The van der Waals surface area contributed by atoms with Crippen molar-refractivity contribution >= 4 is 22.7 Å². The molecule has 0 atom stereocenters. The quantitative estimate of drug-likeness (QED) is 0.584. The molecule has 14 nitrogen and oxygen atoms in total. The number of ether oxygens (including phenoxy) is 1. The fraction of sp³-hybridized carbons (Fsp3) is 0. The third-order valence-electron chi connectivity index (χ3n) is 3.00. The second-order valence-corrected chi connectivity index (χ2v) is 4.60. The van der Waals surface area contributed by atoms with Gasteiger partial charge in [-0.2, -0.15) is 0 Å². The van der Waals surface area contributed by atoms with Gasteiger partial charge in [0.25, 0.3) is 17.1 Å². The molecule has 0 aromatic heterocycles. The second-order valence-electron chi connectivity index (χ2n) is 4.60. The predicted molar refractivity (Wildman–Crippen MR) is 81.2 cm³/mol. The monoisotopic (exact) mass is 366 g/mol. The highest BCUT2D eigenvalue weighted by Crippen LogP contribution is 2.45. The SMILES string of the molecule is O=[N+]([O-])c1ccc(O)c(Oc2c([N+](=O)[O-])cc([N+](=O)[O-])cc2[N+](=O)[O-])c1. The highest BCUT2D eigenvalue weighted by atomic mass is 16.6. The van der Waals surface area contributed by atoms with Crippen molar-refractivity contribution in [2.75, 3.05) is 0 Å². The molecule has 0 bridgehead atoms. The zero-order valence-corrected chi connectivity index (χ0v) is 12.3. The van der Waals surface area contributed by atoms with Crippen molar-refractivity contribution < 1.29 is 29.5 Å². The Balaban J connectivity index is 2.71. The Hall–Kier alpha value is -4.36. The standard InChI is InChI=1S/C12H6N4O10/c17-10-2-1-6(13(18)19)5-11(10)26-12-8(15(22)23)3-7(14(20)21)4-9(12)16(24)25/h1-5,17H. The maximum atomic E-state index is 11.1. The molecule has 0 unspecified atom stereocenters. The number of hydrogen-bond acceptors (Lipinski definition) is 10. The van der Waals surface area contributed by atoms with E-state index in [0.717, 1.165) is 12.1 Å². The van der Waals surface area contributed by atoms with Crippen LogP contribution in [0, 0.1) is 40.5 Å². The van der Waals surface area contributed by atoms with Crippen molar-refractivity contribution in [3.63, 3.8) is 0 Å². The van der Waals surface area contributed by atoms with Gasteiger partial charge >= 0.3 is 11.4 Å². The van der Waals surface area contributed by atoms with Crippen molar-refractivity contribution in [3.05, 3.63) is 70.8 Å². The van der Waals surface area contributed by atoms with Crippen molar-refractivity contribution in [3.8, 4) is 17.2 Å². The summed E-state index contributed by atoms with van der Waals surface area (Å²) < 4.78 is 4.96. The van der Waals surface area contributed by atoms with Gasteiger partial charge in [0.2, 0.25) is 0 Å². The van der Waals surface area contributed by atoms with E-state index in [1.54, 1.807) is 0 Å². The summed E-state index contributed by atoms with van der Waals surface area (Å²) in [6.07, 6.45) is 0. The lowest BCUT2D eigenvalue weighted by Crippen LogP contribution is -2.01. The molecule has 0 radical (unpaired) electrons. The third-order valence-corrected chi connectivity index (χ3v) is 3.00. The lowest BCUT2D eigenvalue weighted by molar-refractivity contribution is -0.404. The van der Waals surface area contributed by atoms with Crippen LogP contribution in [0.4, 0.5) is 22.7 Å². The van der Waals surface area contributed by atoms with Gasteiger partial charge in [0.15, 0.2) is 11.5 Å². The molecule has 1 N–H and O–H groups in total. The Morgan fingerprint density at radius 1 is 0.731 bits per heavy atom. The van der Waals surface area contributed by atoms with E-state index < -0.39 is 59.7 Å². The van der Waals surface area contributed by atoms with Crippen LogP contribution in [0.5, 0.6) is 17.2 Å². The van der Waals surface area contributed by atoms with Gasteiger partial charge in [0.1, 0.15) is 0 Å². The van der Waals surface area contributed by atoms with Crippen LogP contribution in [0.2, 0.25) is 0 Å². The number of nitro groups is 4. The molecule has 2 rings (SSSR count). The summed E-state index contributed by atoms with van der Waals surface area (Å²) >= 11 is 0. The first kappa shape index (κ1) is 18.0. The van der Waals surface area contributed by atoms with Gasteiger partial charge in [-0.15, -0.1) is 0 Å². The molecule has 0 aliphatic rings. The summed E-state index contributed by atoms with van der Waals surface area (Å²) in [6, 6.07) is 3.29. The molecule has 0 saturated carbocycles. The van der Waals surface area contributed by atoms with Gasteiger partial charge in [0, 0.05) is 6.07 Å². The number of phenols is 1. The first-order chi connectivity index (χ1) is 12.1. The van der Waals surface area contributed by atoms with Crippen LogP contribution >= 0.6 is 0 Å². The van der Waals surface area contributed by atoms with Crippen LogP contribution in [0.1, 0.15) is 0 Å². The van der Waals surface area contributed by atoms with E-state index in [1.165, 1.54) is 0 Å². The lowest BCUT2D eigenvalue weighted by atomic mass is 10.2. The summed E-state index contributed by atoms with van der Waals surface area (Å²) in [7, 11) is 0. The average Bonchev–Trinajstić information content (AvgIpc) is 2.55. The number of non-ortho nitro benzene ring substituents is 2. The third kappa shape index (κ3) is 3.42. The molecule has 2 aromatic rings. The first-order valence-electron chi connectivity index (χ1n) is 6.38. The average molecular weight is 366 g/mol. The van der Waals surface area contributed by atoms with E-state index >= 15 is 0 Å². The minimum absolute atomic E-state index is 0.427. The Labute approximate surface area is 141 Å². The molecule has 0 heterocycles. The first-order valence-corrected chi connectivity index (χ1v) is 6.38. The van der Waals surface area contributed by atoms with E-state index in [1.807, 2.05) is 0 Å². The topological polar surface area (TPSA) is 202 Å². The van der Waals surface area contributed by atoms with Gasteiger partial charge in [-0.3, -0.25) is 40.5 Å². The van der Waals surface area contributed by atoms with Crippen LogP contribution in [0.25, 0.3) is 0 Å². The summed E-state index contributed by atoms with van der Waals surface area (Å²) in [6.45, 7) is 0. The second kappa shape index (κ2) is 6.63. The van der Waals surface area contributed by atoms with Crippen LogP contribution in [0.3, 0.4) is 0 Å². The maximum absolute atomic E-state index is 11.1. The molecule has 0 fully saturated rings. The van der Waals surface area contributed by atoms with Gasteiger partial charge < -0.3 is 9.84 Å². The van der Waals surface area contributed by atoms with Crippen LogP contribution < -0.4 is 4.74 Å². The Kier molecular flexibility index (Phi) is 4.59. The van der Waals surface area contributed by atoms with Crippen LogP contribution in [-0.4, -0.2) is 24.8 Å². The highest BCUT2D eigenvalue weighted by molar-refractivity contribution is 5.67. The predicted octanol–water partition coefficient (Wildman–Crippen LogP) is 2.82. The molecule has 0 amide bonds. The minimum atomic E-state index is -1.16. The molecule has 0 aliphatic heterocycles. The molecule has 2 aromatic carbocycles. The maximum Gasteiger partial charge on any atom is 0.325 e. The molecule has 134 valence electrons. The fourth-order valence-electron chi connectivity index (χ4n) is 1.87.